The standard InChI is InChI=1S/C62H39N5O/c1-3-15-41(16-4-1)55-39-56(67-61(66-55)43-17-5-2-6-18-43)42-27-25-40(26-28-42)44-29-31-49-47(35-44)48-36-45(46-37-57(53-21-11-13-33-63-53)65-58(38-46)54-22-12-14-34-64-54)30-32-50(48)62(49)51-19-7-9-23-59(51)68-60-24-10-8-20-52(60)62/h1-39H. The Hall–Kier alpha value is -9.13. The molecule has 318 valence electrons. The molecule has 7 aromatic carbocycles. The number of ether oxygens (including phenoxy) is 1. The van der Waals surface area contributed by atoms with Gasteiger partial charge in [0, 0.05) is 40.2 Å². The molecule has 0 fully saturated rings. The Kier molecular flexibility index (Phi) is 9.29. The van der Waals surface area contributed by atoms with Gasteiger partial charge in [-0.25, -0.2) is 15.0 Å². The molecule has 0 amide bonds. The van der Waals surface area contributed by atoms with Gasteiger partial charge in [-0.3, -0.25) is 9.97 Å². The smallest absolute Gasteiger partial charge is 0.160 e. The van der Waals surface area contributed by atoms with Crippen LogP contribution in [-0.2, 0) is 5.41 Å². The van der Waals surface area contributed by atoms with E-state index in [0.717, 1.165) is 95.7 Å². The Morgan fingerprint density at radius 1 is 0.279 bits per heavy atom. The zero-order valence-corrected chi connectivity index (χ0v) is 36.7. The minimum atomic E-state index is -0.618. The lowest BCUT2D eigenvalue weighted by molar-refractivity contribution is 0.436. The summed E-state index contributed by atoms with van der Waals surface area (Å²) in [4.78, 5) is 24.6. The summed E-state index contributed by atoms with van der Waals surface area (Å²) in [5.74, 6) is 2.41. The molecule has 13 rings (SSSR count). The van der Waals surface area contributed by atoms with Crippen LogP contribution in [0.15, 0.2) is 237 Å². The number of hydrogen-bond donors (Lipinski definition) is 0. The van der Waals surface area contributed by atoms with Crippen LogP contribution in [0.4, 0.5) is 0 Å². The van der Waals surface area contributed by atoms with Gasteiger partial charge in [-0.05, 0) is 111 Å². The van der Waals surface area contributed by atoms with E-state index in [2.05, 4.69) is 152 Å². The maximum absolute atomic E-state index is 6.68. The summed E-state index contributed by atoms with van der Waals surface area (Å²) in [6.45, 7) is 0. The Morgan fingerprint density at radius 2 is 0.735 bits per heavy atom. The van der Waals surface area contributed by atoms with E-state index in [4.69, 9.17) is 29.7 Å². The summed E-state index contributed by atoms with van der Waals surface area (Å²) in [6.07, 6.45) is 3.62. The van der Waals surface area contributed by atoms with Crippen molar-refractivity contribution in [3.8, 4) is 102 Å². The molecule has 0 N–H and O–H groups in total. The minimum absolute atomic E-state index is 0.618. The second kappa shape index (κ2) is 16.1. The first-order valence-corrected chi connectivity index (χ1v) is 22.8. The number of benzene rings is 7. The summed E-state index contributed by atoms with van der Waals surface area (Å²) in [7, 11) is 0. The Balaban J connectivity index is 0.975. The fourth-order valence-electron chi connectivity index (χ4n) is 10.2. The van der Waals surface area contributed by atoms with Gasteiger partial charge in [0.05, 0.1) is 39.6 Å². The van der Waals surface area contributed by atoms with Crippen LogP contribution >= 0.6 is 0 Å². The fourth-order valence-corrected chi connectivity index (χ4v) is 10.2. The van der Waals surface area contributed by atoms with Crippen LogP contribution in [0.5, 0.6) is 11.5 Å². The maximum atomic E-state index is 6.68. The van der Waals surface area contributed by atoms with Crippen LogP contribution in [0.1, 0.15) is 22.3 Å². The van der Waals surface area contributed by atoms with E-state index in [9.17, 15) is 0 Å². The van der Waals surface area contributed by atoms with Crippen molar-refractivity contribution in [2.24, 2.45) is 0 Å². The van der Waals surface area contributed by atoms with E-state index in [1.807, 2.05) is 85.2 Å². The van der Waals surface area contributed by atoms with Crippen LogP contribution in [0, 0.1) is 0 Å². The molecule has 5 heterocycles. The first-order chi connectivity index (χ1) is 33.7. The van der Waals surface area contributed by atoms with Crippen molar-refractivity contribution < 1.29 is 4.74 Å². The summed E-state index contributed by atoms with van der Waals surface area (Å²) in [5.41, 5.74) is 18.7. The summed E-state index contributed by atoms with van der Waals surface area (Å²) in [5, 5.41) is 0. The average Bonchev–Trinajstić information content (AvgIpc) is 3.70. The highest BCUT2D eigenvalue weighted by Crippen LogP contribution is 2.62. The highest BCUT2D eigenvalue weighted by atomic mass is 16.5. The van der Waals surface area contributed by atoms with Gasteiger partial charge < -0.3 is 4.74 Å². The summed E-state index contributed by atoms with van der Waals surface area (Å²) >= 11 is 0. The SMILES string of the molecule is c1ccc(-c2cc(-c3ccc(-c4ccc5c(c4)-c4cc(-c6cc(-c7ccccn7)nc(-c7ccccn7)c6)ccc4C54c5ccccc5Oc5ccccc54)cc3)nc(-c3ccccc3)n2)cc1. The predicted octanol–water partition coefficient (Wildman–Crippen LogP) is 14.8. The van der Waals surface area contributed by atoms with Crippen LogP contribution in [0.3, 0.4) is 0 Å². The van der Waals surface area contributed by atoms with Crippen LogP contribution in [0.2, 0.25) is 0 Å². The largest absolute Gasteiger partial charge is 0.457 e. The molecule has 68 heavy (non-hydrogen) atoms. The molecule has 1 aliphatic heterocycles. The van der Waals surface area contributed by atoms with Gasteiger partial charge in [0.15, 0.2) is 5.82 Å². The Labute approximate surface area is 394 Å². The van der Waals surface area contributed by atoms with Crippen molar-refractivity contribution in [1.82, 2.24) is 24.9 Å². The molecular weight excluding hydrogens is 831 g/mol. The van der Waals surface area contributed by atoms with Crippen molar-refractivity contribution in [1.29, 1.82) is 0 Å². The third-order valence-electron chi connectivity index (χ3n) is 13.3. The minimum Gasteiger partial charge on any atom is -0.457 e. The molecule has 0 atom stereocenters. The molecule has 0 unspecified atom stereocenters. The lowest BCUT2D eigenvalue weighted by Gasteiger charge is -2.39. The molecule has 0 saturated heterocycles. The van der Waals surface area contributed by atoms with E-state index in [-0.39, 0.29) is 0 Å². The first kappa shape index (κ1) is 39.3. The van der Waals surface area contributed by atoms with Gasteiger partial charge in [0.2, 0.25) is 0 Å². The normalized spacial score (nSPS) is 12.6. The second-order valence-corrected chi connectivity index (χ2v) is 17.2. The van der Waals surface area contributed by atoms with Gasteiger partial charge in [-0.2, -0.15) is 0 Å². The van der Waals surface area contributed by atoms with Crippen molar-refractivity contribution in [2.45, 2.75) is 5.41 Å². The molecule has 4 aromatic heterocycles. The molecule has 0 saturated carbocycles. The average molecular weight is 870 g/mol. The number of rotatable bonds is 7. The Morgan fingerprint density at radius 3 is 1.28 bits per heavy atom. The van der Waals surface area contributed by atoms with E-state index in [1.54, 1.807) is 0 Å². The molecule has 6 nitrogen and oxygen atoms in total. The van der Waals surface area contributed by atoms with E-state index >= 15 is 0 Å². The summed E-state index contributed by atoms with van der Waals surface area (Å²) < 4.78 is 6.68. The van der Waals surface area contributed by atoms with Crippen molar-refractivity contribution >= 4 is 0 Å². The monoisotopic (exact) mass is 869 g/mol. The predicted molar refractivity (Wildman–Crippen MR) is 271 cm³/mol. The molecule has 0 bridgehead atoms. The van der Waals surface area contributed by atoms with Crippen LogP contribution in [-0.4, -0.2) is 24.9 Å². The molecule has 2 aliphatic rings. The zero-order chi connectivity index (χ0) is 45.0. The maximum Gasteiger partial charge on any atom is 0.160 e. The van der Waals surface area contributed by atoms with E-state index in [1.165, 1.54) is 22.3 Å². The lowest BCUT2D eigenvalue weighted by Crippen LogP contribution is -2.32. The van der Waals surface area contributed by atoms with Gasteiger partial charge in [0.1, 0.15) is 11.5 Å². The van der Waals surface area contributed by atoms with Crippen LogP contribution in [0.25, 0.3) is 90.1 Å². The number of nitrogens with zero attached hydrogens (tertiary/aromatic N) is 5. The molecule has 11 aromatic rings. The number of fused-ring (bicyclic) bond motifs is 9. The number of aromatic nitrogens is 5. The molecule has 1 spiro atoms. The van der Waals surface area contributed by atoms with Crippen molar-refractivity contribution in [2.75, 3.05) is 0 Å². The van der Waals surface area contributed by atoms with Crippen molar-refractivity contribution in [3.05, 3.63) is 259 Å². The van der Waals surface area contributed by atoms with Gasteiger partial charge in [0.25, 0.3) is 0 Å². The zero-order valence-electron chi connectivity index (χ0n) is 36.7. The third kappa shape index (κ3) is 6.53. The second-order valence-electron chi connectivity index (χ2n) is 17.2. The first-order valence-electron chi connectivity index (χ1n) is 22.8. The molecular formula is C62H39N5O. The molecule has 0 radical (unpaired) electrons. The fraction of sp³-hybridized carbons (Fsp3) is 0.0161. The Bertz CT molecular complexity index is 3530. The van der Waals surface area contributed by atoms with Gasteiger partial charge in [-0.15, -0.1) is 0 Å². The number of para-hydroxylation sites is 2. The van der Waals surface area contributed by atoms with E-state index < -0.39 is 5.41 Å². The lowest BCUT2D eigenvalue weighted by atomic mass is 9.66. The summed E-state index contributed by atoms with van der Waals surface area (Å²) in [6, 6.07) is 78.4. The van der Waals surface area contributed by atoms with Crippen LogP contribution < -0.4 is 4.74 Å². The molecule has 6 heteroatoms. The van der Waals surface area contributed by atoms with Crippen molar-refractivity contribution in [3.63, 3.8) is 0 Å². The van der Waals surface area contributed by atoms with Gasteiger partial charge in [-0.1, -0.05) is 158 Å². The highest BCUT2D eigenvalue weighted by Gasteiger charge is 2.51. The topological polar surface area (TPSA) is 73.7 Å². The van der Waals surface area contributed by atoms with Gasteiger partial charge >= 0.3 is 0 Å². The third-order valence-corrected chi connectivity index (χ3v) is 13.3. The molecule has 1 aliphatic carbocycles. The number of pyridine rings is 3. The number of hydrogen-bond acceptors (Lipinski definition) is 6. The van der Waals surface area contributed by atoms with E-state index in [0.29, 0.717) is 5.82 Å². The highest BCUT2D eigenvalue weighted by molar-refractivity contribution is 5.93. The quantitative estimate of drug-likeness (QED) is 0.159.